The van der Waals surface area contributed by atoms with Gasteiger partial charge in [-0.2, -0.15) is 5.10 Å². The Hall–Kier alpha value is -2.94. The first kappa shape index (κ1) is 16.9. The third kappa shape index (κ3) is 3.77. The summed E-state index contributed by atoms with van der Waals surface area (Å²) >= 11 is 0. The minimum atomic E-state index is -0.00886. The van der Waals surface area contributed by atoms with Crippen LogP contribution < -0.4 is 0 Å². The Morgan fingerprint density at radius 2 is 1.56 bits per heavy atom. The van der Waals surface area contributed by atoms with Crippen LogP contribution in [0.3, 0.4) is 0 Å². The van der Waals surface area contributed by atoms with Crippen molar-refractivity contribution < 1.29 is 4.79 Å². The van der Waals surface area contributed by atoms with Crippen molar-refractivity contribution >= 4 is 11.9 Å². The second-order valence-corrected chi connectivity index (χ2v) is 6.50. The normalized spacial score (nSPS) is 11.2. The van der Waals surface area contributed by atoms with Crippen molar-refractivity contribution in [2.45, 2.75) is 27.7 Å². The Labute approximate surface area is 148 Å². The number of nitrogens with one attached hydrogen (secondary N) is 1. The van der Waals surface area contributed by atoms with Crippen LogP contribution >= 0.6 is 0 Å². The van der Waals surface area contributed by atoms with Gasteiger partial charge in [-0.3, -0.25) is 9.89 Å². The highest BCUT2D eigenvalue weighted by Crippen LogP contribution is 2.21. The van der Waals surface area contributed by atoms with Crippen LogP contribution in [0.25, 0.3) is 17.3 Å². The molecular weight excluding hydrogens is 308 g/mol. The molecule has 0 fully saturated rings. The zero-order chi connectivity index (χ0) is 18.0. The van der Waals surface area contributed by atoms with E-state index in [1.54, 1.807) is 12.2 Å². The lowest BCUT2D eigenvalue weighted by Crippen LogP contribution is -1.95. The third-order valence-electron chi connectivity index (χ3n) is 4.61. The maximum Gasteiger partial charge on any atom is 0.185 e. The highest BCUT2D eigenvalue weighted by molar-refractivity contribution is 6.06. The molecule has 25 heavy (non-hydrogen) atoms. The molecule has 3 aromatic rings. The van der Waals surface area contributed by atoms with E-state index in [1.165, 1.54) is 16.7 Å². The Kier molecular flexibility index (Phi) is 4.66. The number of carbonyl (C=O) groups excluding carboxylic acids is 1. The number of allylic oxidation sites excluding steroid dienone is 1. The van der Waals surface area contributed by atoms with Crippen molar-refractivity contribution in [3.63, 3.8) is 0 Å². The summed E-state index contributed by atoms with van der Waals surface area (Å²) in [5.41, 5.74) is 8.27. The molecule has 0 bridgehead atoms. The van der Waals surface area contributed by atoms with Crippen molar-refractivity contribution in [1.29, 1.82) is 0 Å². The van der Waals surface area contributed by atoms with Crippen LogP contribution in [0.1, 0.15) is 38.3 Å². The van der Waals surface area contributed by atoms with Crippen molar-refractivity contribution in [3.8, 4) is 11.3 Å². The molecule has 0 radical (unpaired) electrons. The molecule has 1 aromatic heterocycles. The number of hydrogen-bond donors (Lipinski definition) is 1. The molecule has 1 heterocycles. The molecule has 0 spiro atoms. The number of rotatable bonds is 4. The molecule has 3 nitrogen and oxygen atoms in total. The first-order valence-corrected chi connectivity index (χ1v) is 8.37. The monoisotopic (exact) mass is 330 g/mol. The number of nitrogens with zero attached hydrogens (tertiary/aromatic N) is 1. The van der Waals surface area contributed by atoms with Crippen LogP contribution in [0.5, 0.6) is 0 Å². The molecule has 2 aromatic carbocycles. The van der Waals surface area contributed by atoms with Gasteiger partial charge in [-0.05, 0) is 80.3 Å². The molecule has 0 atom stereocenters. The van der Waals surface area contributed by atoms with Gasteiger partial charge < -0.3 is 0 Å². The number of hydrogen-bond acceptors (Lipinski definition) is 2. The quantitative estimate of drug-likeness (QED) is 0.527. The van der Waals surface area contributed by atoms with Crippen LogP contribution in [-0.2, 0) is 0 Å². The third-order valence-corrected chi connectivity index (χ3v) is 4.61. The maximum absolute atomic E-state index is 12.3. The standard InChI is InChI=1S/C22H22N2O/c1-14-5-7-18(11-16(14)3)21-13-20(23-24-21)9-10-22(25)19-8-6-15(2)17(4)12-19/h5-13H,1-4H3,(H,23,24)/b10-9+. The van der Waals surface area contributed by atoms with Gasteiger partial charge in [0.05, 0.1) is 11.4 Å². The van der Waals surface area contributed by atoms with Gasteiger partial charge >= 0.3 is 0 Å². The molecule has 0 aliphatic rings. The average Bonchev–Trinajstić information content (AvgIpc) is 3.06. The minimum absolute atomic E-state index is 0.00886. The van der Waals surface area contributed by atoms with Crippen LogP contribution in [0.2, 0.25) is 0 Å². The predicted molar refractivity (Wildman–Crippen MR) is 103 cm³/mol. The second-order valence-electron chi connectivity index (χ2n) is 6.50. The summed E-state index contributed by atoms with van der Waals surface area (Å²) in [5.74, 6) is -0.00886. The molecule has 0 aliphatic carbocycles. The van der Waals surface area contributed by atoms with Crippen LogP contribution in [0, 0.1) is 27.7 Å². The first-order chi connectivity index (χ1) is 11.9. The van der Waals surface area contributed by atoms with Crippen molar-refractivity contribution in [1.82, 2.24) is 10.2 Å². The molecule has 0 aliphatic heterocycles. The largest absolute Gasteiger partial charge is 0.289 e. The van der Waals surface area contributed by atoms with Crippen molar-refractivity contribution in [2.24, 2.45) is 0 Å². The topological polar surface area (TPSA) is 45.8 Å². The van der Waals surface area contributed by atoms with E-state index in [-0.39, 0.29) is 5.78 Å². The molecule has 3 heteroatoms. The number of aromatic nitrogens is 2. The van der Waals surface area contributed by atoms with Gasteiger partial charge in [-0.1, -0.05) is 24.3 Å². The Morgan fingerprint density at radius 1 is 0.880 bits per heavy atom. The fourth-order valence-corrected chi connectivity index (χ4v) is 2.63. The summed E-state index contributed by atoms with van der Waals surface area (Å²) in [7, 11) is 0. The lowest BCUT2D eigenvalue weighted by Gasteiger charge is -2.02. The Bertz CT molecular complexity index is 964. The van der Waals surface area contributed by atoms with Crippen molar-refractivity contribution in [2.75, 3.05) is 0 Å². The first-order valence-electron chi connectivity index (χ1n) is 8.37. The summed E-state index contributed by atoms with van der Waals surface area (Å²) in [4.78, 5) is 12.3. The SMILES string of the molecule is Cc1ccc(C(=O)/C=C/c2cc(-c3ccc(C)c(C)c3)n[nH]2)cc1C. The molecule has 0 unspecified atom stereocenters. The fourth-order valence-electron chi connectivity index (χ4n) is 2.63. The smallest absolute Gasteiger partial charge is 0.185 e. The van der Waals surface area contributed by atoms with Gasteiger partial charge in [-0.15, -0.1) is 0 Å². The zero-order valence-electron chi connectivity index (χ0n) is 15.1. The average molecular weight is 330 g/mol. The fraction of sp³-hybridized carbons (Fsp3) is 0.182. The minimum Gasteiger partial charge on any atom is -0.289 e. The van der Waals surface area contributed by atoms with Crippen LogP contribution in [0.15, 0.2) is 48.5 Å². The molecule has 1 N–H and O–H groups in total. The Morgan fingerprint density at radius 3 is 2.24 bits per heavy atom. The summed E-state index contributed by atoms with van der Waals surface area (Å²) in [6, 6.07) is 14.0. The van der Waals surface area contributed by atoms with Crippen LogP contribution in [-0.4, -0.2) is 16.0 Å². The van der Waals surface area contributed by atoms with E-state index in [9.17, 15) is 4.79 Å². The number of carbonyl (C=O) groups is 1. The molecule has 0 amide bonds. The van der Waals surface area contributed by atoms with E-state index in [0.717, 1.165) is 22.5 Å². The van der Waals surface area contributed by atoms with E-state index in [4.69, 9.17) is 0 Å². The number of H-pyrrole nitrogens is 1. The van der Waals surface area contributed by atoms with Crippen LogP contribution in [0.4, 0.5) is 0 Å². The highest BCUT2D eigenvalue weighted by Gasteiger charge is 2.06. The van der Waals surface area contributed by atoms with E-state index in [2.05, 4.69) is 42.2 Å². The van der Waals surface area contributed by atoms with E-state index < -0.39 is 0 Å². The second kappa shape index (κ2) is 6.89. The predicted octanol–water partition coefficient (Wildman–Crippen LogP) is 5.21. The molecule has 0 saturated carbocycles. The van der Waals surface area contributed by atoms with E-state index >= 15 is 0 Å². The van der Waals surface area contributed by atoms with Gasteiger partial charge in [0, 0.05) is 11.1 Å². The van der Waals surface area contributed by atoms with Gasteiger partial charge in [0.2, 0.25) is 0 Å². The van der Waals surface area contributed by atoms with Gasteiger partial charge in [0.15, 0.2) is 5.78 Å². The number of ketones is 1. The molecule has 0 saturated heterocycles. The number of aromatic amines is 1. The number of benzene rings is 2. The summed E-state index contributed by atoms with van der Waals surface area (Å²) in [6.45, 7) is 8.24. The van der Waals surface area contributed by atoms with Crippen molar-refractivity contribution in [3.05, 3.63) is 82.1 Å². The zero-order valence-corrected chi connectivity index (χ0v) is 15.1. The van der Waals surface area contributed by atoms with Gasteiger partial charge in [0.25, 0.3) is 0 Å². The maximum atomic E-state index is 12.3. The molecular formula is C22H22N2O. The summed E-state index contributed by atoms with van der Waals surface area (Å²) in [6.07, 6.45) is 3.36. The van der Waals surface area contributed by atoms with E-state index in [0.29, 0.717) is 5.56 Å². The van der Waals surface area contributed by atoms with Gasteiger partial charge in [-0.25, -0.2) is 0 Å². The van der Waals surface area contributed by atoms with E-state index in [1.807, 2.05) is 38.1 Å². The number of aryl methyl sites for hydroxylation is 4. The molecule has 126 valence electrons. The van der Waals surface area contributed by atoms with Gasteiger partial charge in [0.1, 0.15) is 0 Å². The highest BCUT2D eigenvalue weighted by atomic mass is 16.1. The Balaban J connectivity index is 1.78. The molecule has 3 rings (SSSR count). The lowest BCUT2D eigenvalue weighted by molar-refractivity contribution is 0.104. The summed E-state index contributed by atoms with van der Waals surface area (Å²) in [5, 5.41) is 7.32. The summed E-state index contributed by atoms with van der Waals surface area (Å²) < 4.78 is 0. The lowest BCUT2D eigenvalue weighted by atomic mass is 10.0.